The molecule has 0 radical (unpaired) electrons. The van der Waals surface area contributed by atoms with Gasteiger partial charge in [0.2, 0.25) is 0 Å². The van der Waals surface area contributed by atoms with Crippen LogP contribution in [-0.2, 0) is 4.79 Å². The summed E-state index contributed by atoms with van der Waals surface area (Å²) in [6.45, 7) is 6.54. The molecule has 2 fully saturated rings. The van der Waals surface area contributed by atoms with Gasteiger partial charge in [-0.15, -0.1) is 6.58 Å². The highest BCUT2D eigenvalue weighted by molar-refractivity contribution is 5.89. The van der Waals surface area contributed by atoms with Gasteiger partial charge in [0, 0.05) is 11.8 Å². The standard InChI is InChI=1S/C20H26O/c1-3-20-13-11-16-15(17(20)9-10-18(20)21)8-7-14-6-4-5-12-19(14,16)2/h3-4,6-7,15-17H,1,5,8-13H2,2H3/t15-,16+,17+,19+,20+/m1/s1. The zero-order valence-electron chi connectivity index (χ0n) is 13.1. The lowest BCUT2D eigenvalue weighted by Crippen LogP contribution is -2.49. The minimum atomic E-state index is -0.173. The van der Waals surface area contributed by atoms with E-state index in [1.165, 1.54) is 25.7 Å². The van der Waals surface area contributed by atoms with Gasteiger partial charge < -0.3 is 0 Å². The van der Waals surface area contributed by atoms with E-state index in [0.717, 1.165) is 25.2 Å². The van der Waals surface area contributed by atoms with Gasteiger partial charge in [0.1, 0.15) is 5.78 Å². The number of carbonyl (C=O) groups excluding carboxylic acids is 1. The third kappa shape index (κ3) is 1.61. The first kappa shape index (κ1) is 13.5. The van der Waals surface area contributed by atoms with Crippen molar-refractivity contribution in [2.45, 2.75) is 51.9 Å². The number of carbonyl (C=O) groups is 1. The van der Waals surface area contributed by atoms with Crippen LogP contribution in [0.5, 0.6) is 0 Å². The number of ketones is 1. The maximum atomic E-state index is 12.5. The first-order chi connectivity index (χ1) is 10.1. The summed E-state index contributed by atoms with van der Waals surface area (Å²) < 4.78 is 0. The van der Waals surface area contributed by atoms with Crippen LogP contribution >= 0.6 is 0 Å². The molecule has 0 aromatic carbocycles. The van der Waals surface area contributed by atoms with Gasteiger partial charge in [-0.2, -0.15) is 0 Å². The average Bonchev–Trinajstić information content (AvgIpc) is 2.84. The molecule has 0 aromatic rings. The number of fused-ring (bicyclic) bond motifs is 5. The van der Waals surface area contributed by atoms with Crippen molar-refractivity contribution in [3.8, 4) is 0 Å². The third-order valence-electron chi connectivity index (χ3n) is 7.35. The van der Waals surface area contributed by atoms with Crippen molar-refractivity contribution in [2.75, 3.05) is 0 Å². The molecule has 1 heteroatoms. The van der Waals surface area contributed by atoms with Crippen molar-refractivity contribution < 1.29 is 4.79 Å². The Bertz CT molecular complexity index is 554. The molecule has 4 rings (SSSR count). The molecule has 112 valence electrons. The van der Waals surface area contributed by atoms with Crippen LogP contribution in [0, 0.1) is 28.6 Å². The summed E-state index contributed by atoms with van der Waals surface area (Å²) in [6.07, 6.45) is 17.0. The summed E-state index contributed by atoms with van der Waals surface area (Å²) in [5.41, 5.74) is 1.76. The molecule has 0 N–H and O–H groups in total. The van der Waals surface area contributed by atoms with Crippen molar-refractivity contribution in [2.24, 2.45) is 28.6 Å². The zero-order chi connectivity index (χ0) is 14.7. The van der Waals surface area contributed by atoms with Crippen LogP contribution < -0.4 is 0 Å². The maximum absolute atomic E-state index is 12.5. The lowest BCUT2D eigenvalue weighted by atomic mass is 9.48. The van der Waals surface area contributed by atoms with Crippen molar-refractivity contribution in [1.29, 1.82) is 0 Å². The molecule has 1 nitrogen and oxygen atoms in total. The van der Waals surface area contributed by atoms with Gasteiger partial charge in [-0.1, -0.05) is 31.2 Å². The first-order valence-corrected chi connectivity index (χ1v) is 8.66. The lowest BCUT2D eigenvalue weighted by Gasteiger charge is -2.55. The monoisotopic (exact) mass is 282 g/mol. The van der Waals surface area contributed by atoms with Gasteiger partial charge in [-0.05, 0) is 67.3 Å². The molecule has 0 heterocycles. The Morgan fingerprint density at radius 2 is 2.14 bits per heavy atom. The molecule has 0 aromatic heterocycles. The molecular weight excluding hydrogens is 256 g/mol. The molecule has 2 saturated carbocycles. The minimum Gasteiger partial charge on any atom is -0.299 e. The second-order valence-electron chi connectivity index (χ2n) is 7.88. The van der Waals surface area contributed by atoms with Crippen molar-refractivity contribution in [3.63, 3.8) is 0 Å². The molecule has 5 atom stereocenters. The predicted molar refractivity (Wildman–Crippen MR) is 85.8 cm³/mol. The molecule has 21 heavy (non-hydrogen) atoms. The molecule has 0 amide bonds. The largest absolute Gasteiger partial charge is 0.299 e. The Hall–Kier alpha value is -1.11. The van der Waals surface area contributed by atoms with E-state index in [1.807, 2.05) is 6.08 Å². The second kappa shape index (κ2) is 4.44. The minimum absolute atomic E-state index is 0.173. The number of hydrogen-bond acceptors (Lipinski definition) is 1. The summed E-state index contributed by atoms with van der Waals surface area (Å²) in [6, 6.07) is 0. The Kier molecular flexibility index (Phi) is 2.87. The van der Waals surface area contributed by atoms with Crippen LogP contribution in [0.3, 0.4) is 0 Å². The zero-order valence-corrected chi connectivity index (χ0v) is 13.1. The molecule has 4 aliphatic rings. The van der Waals surface area contributed by atoms with E-state index in [9.17, 15) is 4.79 Å². The number of rotatable bonds is 1. The van der Waals surface area contributed by atoms with Crippen LogP contribution in [-0.4, -0.2) is 5.78 Å². The van der Waals surface area contributed by atoms with Crippen molar-refractivity contribution >= 4 is 5.78 Å². The van der Waals surface area contributed by atoms with Crippen LogP contribution in [0.1, 0.15) is 51.9 Å². The molecule has 0 spiro atoms. The average molecular weight is 282 g/mol. The summed E-state index contributed by atoms with van der Waals surface area (Å²) in [5, 5.41) is 0. The highest BCUT2D eigenvalue weighted by Gasteiger charge is 2.58. The van der Waals surface area contributed by atoms with E-state index in [1.54, 1.807) is 5.57 Å². The Morgan fingerprint density at radius 3 is 2.95 bits per heavy atom. The predicted octanol–water partition coefficient (Wildman–Crippen LogP) is 4.85. The third-order valence-corrected chi connectivity index (χ3v) is 7.35. The highest BCUT2D eigenvalue weighted by atomic mass is 16.1. The fourth-order valence-electron chi connectivity index (χ4n) is 6.17. The van der Waals surface area contributed by atoms with Crippen LogP contribution in [0.4, 0.5) is 0 Å². The molecule has 0 unspecified atom stereocenters. The molecule has 0 saturated heterocycles. The summed E-state index contributed by atoms with van der Waals surface area (Å²) in [5.74, 6) is 2.50. The van der Waals surface area contributed by atoms with Gasteiger partial charge in [-0.3, -0.25) is 4.79 Å². The fourth-order valence-corrected chi connectivity index (χ4v) is 6.17. The smallest absolute Gasteiger partial charge is 0.143 e. The van der Waals surface area contributed by atoms with E-state index in [0.29, 0.717) is 23.0 Å². The van der Waals surface area contributed by atoms with E-state index in [2.05, 4.69) is 31.7 Å². The lowest BCUT2D eigenvalue weighted by molar-refractivity contribution is -0.129. The van der Waals surface area contributed by atoms with Crippen LogP contribution in [0.25, 0.3) is 0 Å². The first-order valence-electron chi connectivity index (χ1n) is 8.66. The van der Waals surface area contributed by atoms with Gasteiger partial charge >= 0.3 is 0 Å². The summed E-state index contributed by atoms with van der Waals surface area (Å²) in [7, 11) is 0. The number of hydrogen-bond donors (Lipinski definition) is 0. The normalized spacial score (nSPS) is 48.1. The van der Waals surface area contributed by atoms with Crippen LogP contribution in [0.2, 0.25) is 0 Å². The van der Waals surface area contributed by atoms with Crippen LogP contribution in [0.15, 0.2) is 36.5 Å². The Balaban J connectivity index is 1.75. The Morgan fingerprint density at radius 1 is 1.29 bits per heavy atom. The molecular formula is C20H26O. The quantitative estimate of drug-likeness (QED) is 0.628. The van der Waals surface area contributed by atoms with Gasteiger partial charge in [0.15, 0.2) is 0 Å². The van der Waals surface area contributed by atoms with E-state index in [-0.39, 0.29) is 5.41 Å². The summed E-state index contributed by atoms with van der Waals surface area (Å²) >= 11 is 0. The Labute approximate surface area is 128 Å². The van der Waals surface area contributed by atoms with E-state index < -0.39 is 0 Å². The highest BCUT2D eigenvalue weighted by Crippen LogP contribution is 2.63. The summed E-state index contributed by atoms with van der Waals surface area (Å²) in [4.78, 5) is 12.5. The van der Waals surface area contributed by atoms with E-state index >= 15 is 0 Å². The van der Waals surface area contributed by atoms with E-state index in [4.69, 9.17) is 0 Å². The molecule has 4 aliphatic carbocycles. The van der Waals surface area contributed by atoms with Gasteiger partial charge in [0.05, 0.1) is 0 Å². The van der Waals surface area contributed by atoms with Gasteiger partial charge in [-0.25, -0.2) is 0 Å². The SMILES string of the molecule is C=C[C@]12CC[C@H]3[C@@H](CC=C4C=CCC[C@@]43C)[C@@H]1CCC2=O. The topological polar surface area (TPSA) is 17.1 Å². The fraction of sp³-hybridized carbons (Fsp3) is 0.650. The molecule has 0 aliphatic heterocycles. The molecule has 0 bridgehead atoms. The van der Waals surface area contributed by atoms with Gasteiger partial charge in [0.25, 0.3) is 0 Å². The van der Waals surface area contributed by atoms with Crippen molar-refractivity contribution in [3.05, 3.63) is 36.5 Å². The second-order valence-corrected chi connectivity index (χ2v) is 7.88. The number of allylic oxidation sites excluding steroid dienone is 5. The van der Waals surface area contributed by atoms with Crippen molar-refractivity contribution in [1.82, 2.24) is 0 Å². The number of Topliss-reactive ketones (excluding diaryl/α,β-unsaturated/α-hetero) is 1. The maximum Gasteiger partial charge on any atom is 0.143 e.